The molecule has 0 aliphatic heterocycles. The van der Waals surface area contributed by atoms with E-state index in [1.807, 2.05) is 13.8 Å². The van der Waals surface area contributed by atoms with E-state index in [0.29, 0.717) is 10.7 Å². The van der Waals surface area contributed by atoms with E-state index >= 15 is 0 Å². The normalized spacial score (nSPS) is 11.5. The second kappa shape index (κ2) is 6.46. The molecule has 0 unspecified atom stereocenters. The first-order valence-corrected chi connectivity index (χ1v) is 9.59. The third-order valence-corrected chi connectivity index (χ3v) is 5.83. The maximum absolute atomic E-state index is 12.4. The third kappa shape index (κ3) is 3.55. The van der Waals surface area contributed by atoms with E-state index in [9.17, 15) is 8.42 Å². The summed E-state index contributed by atoms with van der Waals surface area (Å²) in [5, 5.41) is 1.38. The quantitative estimate of drug-likeness (QED) is 0.746. The fourth-order valence-corrected chi connectivity index (χ4v) is 4.06. The van der Waals surface area contributed by atoms with Crippen LogP contribution in [0.25, 0.3) is 10.6 Å². The molecule has 0 amide bonds. The Hall–Kier alpha value is -2.03. The van der Waals surface area contributed by atoms with Crippen LogP contribution in [-0.2, 0) is 10.0 Å². The Bertz CT molecular complexity index is 985. The Morgan fingerprint density at radius 3 is 2.42 bits per heavy atom. The van der Waals surface area contributed by atoms with Crippen molar-refractivity contribution in [3.05, 3.63) is 52.3 Å². The molecule has 2 aromatic heterocycles. The highest BCUT2D eigenvalue weighted by molar-refractivity contribution is 7.92. The van der Waals surface area contributed by atoms with E-state index in [2.05, 4.69) is 19.7 Å². The van der Waals surface area contributed by atoms with Gasteiger partial charge in [-0.3, -0.25) is 0 Å². The second-order valence-electron chi connectivity index (χ2n) is 4.97. The molecule has 0 radical (unpaired) electrons. The van der Waals surface area contributed by atoms with Crippen molar-refractivity contribution < 1.29 is 8.42 Å². The lowest BCUT2D eigenvalue weighted by molar-refractivity contribution is 0.601. The summed E-state index contributed by atoms with van der Waals surface area (Å²) in [6.07, 6.45) is 1.51. The minimum atomic E-state index is -3.78. The van der Waals surface area contributed by atoms with Gasteiger partial charge in [0.25, 0.3) is 10.0 Å². The molecule has 3 aromatic rings. The molecule has 1 aromatic carbocycles. The average molecular weight is 381 g/mol. The number of hydrogen-bond donors (Lipinski definition) is 1. The van der Waals surface area contributed by atoms with Crippen LogP contribution in [0.5, 0.6) is 0 Å². The van der Waals surface area contributed by atoms with E-state index in [1.165, 1.54) is 41.8 Å². The van der Waals surface area contributed by atoms with Crippen molar-refractivity contribution >= 4 is 38.9 Å². The van der Waals surface area contributed by atoms with Crippen LogP contribution in [0.4, 0.5) is 5.95 Å². The van der Waals surface area contributed by atoms with Crippen LogP contribution in [0.3, 0.4) is 0 Å². The molecule has 0 fully saturated rings. The molecule has 0 aliphatic rings. The molecule has 6 nitrogen and oxygen atoms in total. The smallest absolute Gasteiger partial charge is 0.247 e. The largest absolute Gasteiger partial charge is 0.264 e. The summed E-state index contributed by atoms with van der Waals surface area (Å²) >= 11 is 7.28. The summed E-state index contributed by atoms with van der Waals surface area (Å²) < 4.78 is 27.2. The summed E-state index contributed by atoms with van der Waals surface area (Å²) in [5.41, 5.74) is 1.48. The molecule has 0 spiro atoms. The van der Waals surface area contributed by atoms with Gasteiger partial charge in [-0.2, -0.15) is 0 Å². The van der Waals surface area contributed by atoms with Gasteiger partial charge in [0.15, 0.2) is 0 Å². The predicted octanol–water partition coefficient (Wildman–Crippen LogP) is 3.67. The number of benzene rings is 1. The zero-order valence-electron chi connectivity index (χ0n) is 12.8. The van der Waals surface area contributed by atoms with Gasteiger partial charge in [-0.05, 0) is 44.2 Å². The average Bonchev–Trinajstić information content (AvgIpc) is 2.86. The number of halogens is 1. The Morgan fingerprint density at radius 1 is 1.08 bits per heavy atom. The number of sulfonamides is 1. The summed E-state index contributed by atoms with van der Waals surface area (Å²) in [7, 11) is -3.78. The topological polar surface area (TPSA) is 84.8 Å². The highest BCUT2D eigenvalue weighted by atomic mass is 35.5. The summed E-state index contributed by atoms with van der Waals surface area (Å²) in [5.74, 6) is 0.00732. The van der Waals surface area contributed by atoms with E-state index in [-0.39, 0.29) is 10.8 Å². The van der Waals surface area contributed by atoms with Gasteiger partial charge in [-0.25, -0.2) is 28.1 Å². The van der Waals surface area contributed by atoms with Gasteiger partial charge in [-0.15, -0.1) is 11.3 Å². The predicted molar refractivity (Wildman–Crippen MR) is 94.9 cm³/mol. The van der Waals surface area contributed by atoms with Crippen LogP contribution in [0.2, 0.25) is 5.02 Å². The number of anilines is 1. The molecule has 0 atom stereocenters. The number of aromatic nitrogens is 3. The number of nitrogens with one attached hydrogen (secondary N) is 1. The van der Waals surface area contributed by atoms with Gasteiger partial charge in [0, 0.05) is 11.2 Å². The van der Waals surface area contributed by atoms with E-state index in [1.54, 1.807) is 6.07 Å². The van der Waals surface area contributed by atoms with E-state index in [0.717, 1.165) is 15.6 Å². The molecule has 124 valence electrons. The second-order valence-corrected chi connectivity index (χ2v) is 8.29. The van der Waals surface area contributed by atoms with Crippen molar-refractivity contribution in [3.63, 3.8) is 0 Å². The van der Waals surface area contributed by atoms with Crippen molar-refractivity contribution in [2.75, 3.05) is 4.72 Å². The Morgan fingerprint density at radius 2 is 1.79 bits per heavy atom. The lowest BCUT2D eigenvalue weighted by Crippen LogP contribution is -2.15. The van der Waals surface area contributed by atoms with Crippen molar-refractivity contribution in [2.45, 2.75) is 18.7 Å². The summed E-state index contributed by atoms with van der Waals surface area (Å²) in [6, 6.07) is 7.59. The minimum Gasteiger partial charge on any atom is -0.247 e. The van der Waals surface area contributed by atoms with E-state index in [4.69, 9.17) is 11.6 Å². The minimum absolute atomic E-state index is 0.00732. The third-order valence-electron chi connectivity index (χ3n) is 3.14. The number of thiazole rings is 1. The Balaban J connectivity index is 1.92. The van der Waals surface area contributed by atoms with Crippen molar-refractivity contribution in [1.29, 1.82) is 0 Å². The van der Waals surface area contributed by atoms with Crippen LogP contribution in [0.1, 0.15) is 10.7 Å². The molecular formula is C15H13ClN4O2S2. The zero-order chi connectivity index (χ0) is 17.3. The molecule has 0 aliphatic carbocycles. The van der Waals surface area contributed by atoms with Gasteiger partial charge >= 0.3 is 0 Å². The molecule has 9 heteroatoms. The number of rotatable bonds is 4. The van der Waals surface area contributed by atoms with Gasteiger partial charge in [0.1, 0.15) is 0 Å². The van der Waals surface area contributed by atoms with Crippen molar-refractivity contribution in [3.8, 4) is 10.6 Å². The Kier molecular flexibility index (Phi) is 4.53. The summed E-state index contributed by atoms with van der Waals surface area (Å²) in [4.78, 5) is 13.6. The summed E-state index contributed by atoms with van der Waals surface area (Å²) in [6.45, 7) is 3.80. The highest BCUT2D eigenvalue weighted by Gasteiger charge is 2.17. The van der Waals surface area contributed by atoms with Crippen LogP contribution < -0.4 is 4.72 Å². The van der Waals surface area contributed by atoms with Gasteiger partial charge < -0.3 is 0 Å². The van der Waals surface area contributed by atoms with Crippen LogP contribution >= 0.6 is 22.9 Å². The maximum Gasteiger partial charge on any atom is 0.264 e. The number of nitrogens with zero attached hydrogens (tertiary/aromatic N) is 3. The van der Waals surface area contributed by atoms with Crippen LogP contribution in [-0.4, -0.2) is 23.4 Å². The molecule has 3 rings (SSSR count). The molecule has 2 heterocycles. The number of aryl methyl sites for hydroxylation is 2. The first-order valence-electron chi connectivity index (χ1n) is 6.91. The molecule has 0 saturated carbocycles. The molecule has 0 saturated heterocycles. The zero-order valence-corrected chi connectivity index (χ0v) is 15.2. The van der Waals surface area contributed by atoms with Crippen molar-refractivity contribution in [1.82, 2.24) is 15.0 Å². The van der Waals surface area contributed by atoms with E-state index < -0.39 is 10.0 Å². The fraction of sp³-hybridized carbons (Fsp3) is 0.133. The molecular weight excluding hydrogens is 368 g/mol. The van der Waals surface area contributed by atoms with Gasteiger partial charge in [-0.1, -0.05) is 11.6 Å². The fourth-order valence-electron chi connectivity index (χ4n) is 2.10. The lowest BCUT2D eigenvalue weighted by Gasteiger charge is -2.07. The molecule has 0 bridgehead atoms. The standard InChI is InChI=1S/C15H13ClN4O2S2/c1-9-14(23-10(2)18-9)13-7-8-17-15(19-13)20-24(21,22)12-5-3-11(16)4-6-12/h3-8H,1-2H3,(H,17,19,20). The number of hydrogen-bond acceptors (Lipinski definition) is 6. The molecule has 1 N–H and O–H groups in total. The SMILES string of the molecule is Cc1nc(C)c(-c2ccnc(NS(=O)(=O)c3ccc(Cl)cc3)n2)s1. The first kappa shape index (κ1) is 16.8. The van der Waals surface area contributed by atoms with Crippen LogP contribution in [0, 0.1) is 13.8 Å². The van der Waals surface area contributed by atoms with Gasteiger partial charge in [0.05, 0.1) is 26.2 Å². The highest BCUT2D eigenvalue weighted by Crippen LogP contribution is 2.28. The first-order chi connectivity index (χ1) is 11.3. The maximum atomic E-state index is 12.4. The van der Waals surface area contributed by atoms with Gasteiger partial charge in [0.2, 0.25) is 5.95 Å². The van der Waals surface area contributed by atoms with Crippen molar-refractivity contribution in [2.24, 2.45) is 0 Å². The molecule has 24 heavy (non-hydrogen) atoms. The van der Waals surface area contributed by atoms with Crippen LogP contribution in [0.15, 0.2) is 41.4 Å². The monoisotopic (exact) mass is 380 g/mol. The lowest BCUT2D eigenvalue weighted by atomic mass is 10.3. The Labute approximate surface area is 148 Å².